The number of hydrogen-bond donors (Lipinski definition) is 3. The molecule has 3 aromatic rings. The molecule has 3 N–H and O–H groups in total. The smallest absolute Gasteiger partial charge is 0.253 e. The normalized spacial score (nSPS) is 10.9. The zero-order valence-corrected chi connectivity index (χ0v) is 17.7. The zero-order chi connectivity index (χ0) is 20.8. The Morgan fingerprint density at radius 2 is 1.93 bits per heavy atom. The van der Waals surface area contributed by atoms with Gasteiger partial charge in [-0.05, 0) is 73.3 Å². The number of nitrogens with zero attached hydrogens (tertiary/aromatic N) is 1. The second kappa shape index (κ2) is 9.67. The molecule has 0 aliphatic heterocycles. The van der Waals surface area contributed by atoms with Crippen molar-refractivity contribution in [1.82, 2.24) is 9.88 Å². The number of rotatable bonds is 7. The minimum absolute atomic E-state index is 0.0670. The summed E-state index contributed by atoms with van der Waals surface area (Å²) in [6, 6.07) is 16.0. The molecule has 5 nitrogen and oxygen atoms in total. The van der Waals surface area contributed by atoms with Crippen LogP contribution in [-0.4, -0.2) is 33.3 Å². The van der Waals surface area contributed by atoms with Gasteiger partial charge in [0.1, 0.15) is 0 Å². The van der Waals surface area contributed by atoms with E-state index < -0.39 is 0 Å². The average Bonchev–Trinajstić information content (AvgIpc) is 2.72. The molecule has 0 unspecified atom stereocenters. The molecule has 0 aliphatic rings. The Kier molecular flexibility index (Phi) is 7.01. The first-order chi connectivity index (χ1) is 14.0. The monoisotopic (exact) mass is 409 g/mol. The predicted octanol–water partition coefficient (Wildman–Crippen LogP) is 3.98. The van der Waals surface area contributed by atoms with Gasteiger partial charge in [-0.15, -0.1) is 0 Å². The van der Waals surface area contributed by atoms with Crippen LogP contribution in [0.25, 0.3) is 10.9 Å². The Bertz CT molecular complexity index is 1040. The second-order valence-corrected chi connectivity index (χ2v) is 7.58. The number of benzene rings is 2. The van der Waals surface area contributed by atoms with Gasteiger partial charge >= 0.3 is 0 Å². The minimum atomic E-state index is -0.120. The number of pyridine rings is 1. The van der Waals surface area contributed by atoms with Gasteiger partial charge in [0, 0.05) is 29.9 Å². The van der Waals surface area contributed by atoms with E-state index in [9.17, 15) is 9.90 Å². The number of aromatic nitrogens is 1. The first-order valence-corrected chi connectivity index (χ1v) is 10.3. The Hall–Kier alpha value is -2.70. The van der Waals surface area contributed by atoms with Gasteiger partial charge in [-0.3, -0.25) is 4.79 Å². The quantitative estimate of drug-likeness (QED) is 0.515. The highest BCUT2D eigenvalue weighted by atomic mass is 32.1. The van der Waals surface area contributed by atoms with Gasteiger partial charge in [-0.1, -0.05) is 30.7 Å². The molecule has 0 spiro atoms. The molecule has 0 amide bonds. The first-order valence-electron chi connectivity index (χ1n) is 9.88. The zero-order valence-electron chi connectivity index (χ0n) is 16.9. The lowest BCUT2D eigenvalue weighted by atomic mass is 10.1. The van der Waals surface area contributed by atoms with Crippen molar-refractivity contribution >= 4 is 33.9 Å². The van der Waals surface area contributed by atoms with Gasteiger partial charge in [0.2, 0.25) is 0 Å². The first kappa shape index (κ1) is 21.0. The van der Waals surface area contributed by atoms with E-state index in [1.807, 2.05) is 42.2 Å². The van der Waals surface area contributed by atoms with Crippen LogP contribution in [0.1, 0.15) is 30.0 Å². The van der Waals surface area contributed by atoms with Crippen LogP contribution in [0, 0.1) is 6.92 Å². The summed E-state index contributed by atoms with van der Waals surface area (Å²) < 4.78 is 0. The van der Waals surface area contributed by atoms with Crippen molar-refractivity contribution in [3.63, 3.8) is 0 Å². The molecule has 3 rings (SSSR count). The number of anilines is 1. The molecule has 1 heterocycles. The molecule has 29 heavy (non-hydrogen) atoms. The van der Waals surface area contributed by atoms with Crippen molar-refractivity contribution in [2.24, 2.45) is 0 Å². The third kappa shape index (κ3) is 5.43. The molecule has 1 aromatic heterocycles. The van der Waals surface area contributed by atoms with Gasteiger partial charge in [0.05, 0.1) is 6.54 Å². The van der Waals surface area contributed by atoms with E-state index in [1.54, 1.807) is 0 Å². The Morgan fingerprint density at radius 3 is 2.62 bits per heavy atom. The molecule has 0 saturated carbocycles. The second-order valence-electron chi connectivity index (χ2n) is 7.19. The summed E-state index contributed by atoms with van der Waals surface area (Å²) in [5.74, 6) is 0. The Balaban J connectivity index is 1.82. The fraction of sp³-hybridized carbons (Fsp3) is 0.304. The number of hydrogen-bond acceptors (Lipinski definition) is 3. The fourth-order valence-corrected chi connectivity index (χ4v) is 3.51. The number of aliphatic hydroxyl groups excluding tert-OH is 1. The fourth-order valence-electron chi connectivity index (χ4n) is 3.23. The molecular weight excluding hydrogens is 382 g/mol. The highest BCUT2D eigenvalue weighted by Crippen LogP contribution is 2.16. The lowest BCUT2D eigenvalue weighted by Crippen LogP contribution is -2.37. The molecule has 0 fully saturated rings. The maximum absolute atomic E-state index is 12.6. The van der Waals surface area contributed by atoms with E-state index in [0.29, 0.717) is 30.2 Å². The number of aryl methyl sites for hydroxylation is 2. The molecule has 6 heteroatoms. The van der Waals surface area contributed by atoms with Crippen molar-refractivity contribution in [3.8, 4) is 0 Å². The predicted molar refractivity (Wildman–Crippen MR) is 123 cm³/mol. The SMILES string of the molecule is CCc1ccc(NC(=S)N(CCCO)Cc2cc3cc(C)ccc3[nH]c2=O)cc1. The van der Waals surface area contributed by atoms with Crippen molar-refractivity contribution in [2.75, 3.05) is 18.5 Å². The standard InChI is InChI=1S/C23H27N3O2S/c1-3-17-6-8-20(9-7-17)24-23(29)26(11-4-12-27)15-19-14-18-13-16(2)5-10-21(18)25-22(19)28/h5-10,13-14,27H,3-4,11-12,15H2,1-2H3,(H,24,29)(H,25,28). The molecule has 0 bridgehead atoms. The lowest BCUT2D eigenvalue weighted by Gasteiger charge is -2.25. The van der Waals surface area contributed by atoms with Crippen LogP contribution in [0.5, 0.6) is 0 Å². The largest absolute Gasteiger partial charge is 0.396 e. The van der Waals surface area contributed by atoms with Crippen molar-refractivity contribution in [3.05, 3.63) is 75.6 Å². The van der Waals surface area contributed by atoms with E-state index in [4.69, 9.17) is 12.2 Å². The van der Waals surface area contributed by atoms with Crippen LogP contribution < -0.4 is 10.9 Å². The lowest BCUT2D eigenvalue weighted by molar-refractivity contribution is 0.266. The van der Waals surface area contributed by atoms with Crippen LogP contribution in [0.3, 0.4) is 0 Å². The van der Waals surface area contributed by atoms with Crippen LogP contribution in [0.2, 0.25) is 0 Å². The summed E-state index contributed by atoms with van der Waals surface area (Å²) in [5.41, 5.74) is 4.65. The minimum Gasteiger partial charge on any atom is -0.396 e. The summed E-state index contributed by atoms with van der Waals surface area (Å²) in [7, 11) is 0. The number of aliphatic hydroxyl groups is 1. The molecule has 0 aliphatic carbocycles. The maximum Gasteiger partial charge on any atom is 0.253 e. The summed E-state index contributed by atoms with van der Waals surface area (Å²) in [6.45, 7) is 5.14. The number of H-pyrrole nitrogens is 1. The number of aromatic amines is 1. The van der Waals surface area contributed by atoms with Crippen molar-refractivity contribution < 1.29 is 5.11 Å². The average molecular weight is 410 g/mol. The van der Waals surface area contributed by atoms with Crippen LogP contribution in [-0.2, 0) is 13.0 Å². The Morgan fingerprint density at radius 1 is 1.17 bits per heavy atom. The van der Waals surface area contributed by atoms with E-state index in [-0.39, 0.29) is 12.2 Å². The molecule has 0 saturated heterocycles. The Labute approximate surface area is 176 Å². The van der Waals surface area contributed by atoms with E-state index >= 15 is 0 Å². The number of thiocarbonyl (C=S) groups is 1. The third-order valence-corrected chi connectivity index (χ3v) is 5.28. The maximum atomic E-state index is 12.6. The molecule has 2 aromatic carbocycles. The van der Waals surface area contributed by atoms with E-state index in [2.05, 4.69) is 35.4 Å². The third-order valence-electron chi connectivity index (χ3n) is 4.92. The van der Waals surface area contributed by atoms with Gasteiger partial charge in [0.15, 0.2) is 5.11 Å². The van der Waals surface area contributed by atoms with Crippen molar-refractivity contribution in [2.45, 2.75) is 33.2 Å². The molecule has 152 valence electrons. The highest BCUT2D eigenvalue weighted by molar-refractivity contribution is 7.80. The number of nitrogens with one attached hydrogen (secondary N) is 2. The molecule has 0 radical (unpaired) electrons. The van der Waals surface area contributed by atoms with E-state index in [0.717, 1.165) is 28.6 Å². The highest BCUT2D eigenvalue weighted by Gasteiger charge is 2.13. The molecular formula is C23H27N3O2S. The van der Waals surface area contributed by atoms with Crippen LogP contribution in [0.4, 0.5) is 5.69 Å². The van der Waals surface area contributed by atoms with Crippen LogP contribution in [0.15, 0.2) is 53.3 Å². The van der Waals surface area contributed by atoms with Crippen LogP contribution >= 0.6 is 12.2 Å². The summed E-state index contributed by atoms with van der Waals surface area (Å²) in [6.07, 6.45) is 1.55. The van der Waals surface area contributed by atoms with Crippen molar-refractivity contribution in [1.29, 1.82) is 0 Å². The van der Waals surface area contributed by atoms with E-state index in [1.165, 1.54) is 5.56 Å². The van der Waals surface area contributed by atoms with Gasteiger partial charge in [-0.2, -0.15) is 0 Å². The van der Waals surface area contributed by atoms with Gasteiger partial charge in [0.25, 0.3) is 5.56 Å². The summed E-state index contributed by atoms with van der Waals surface area (Å²) in [5, 5.41) is 14.1. The molecule has 0 atom stereocenters. The van der Waals surface area contributed by atoms with Gasteiger partial charge < -0.3 is 20.3 Å². The summed E-state index contributed by atoms with van der Waals surface area (Å²) >= 11 is 5.61. The van der Waals surface area contributed by atoms with Gasteiger partial charge in [-0.25, -0.2) is 0 Å². The topological polar surface area (TPSA) is 68.4 Å². The summed E-state index contributed by atoms with van der Waals surface area (Å²) in [4.78, 5) is 17.5. The number of fused-ring (bicyclic) bond motifs is 1.